The van der Waals surface area contributed by atoms with E-state index in [0.717, 1.165) is 36.2 Å². The van der Waals surface area contributed by atoms with E-state index in [-0.39, 0.29) is 11.9 Å². The van der Waals surface area contributed by atoms with Crippen molar-refractivity contribution < 1.29 is 9.69 Å². The highest BCUT2D eigenvalue weighted by Gasteiger charge is 2.35. The third-order valence-electron chi connectivity index (χ3n) is 5.14. The van der Waals surface area contributed by atoms with Gasteiger partial charge in [0, 0.05) is 12.1 Å². The molecule has 3 heteroatoms. The summed E-state index contributed by atoms with van der Waals surface area (Å²) in [4.78, 5) is 14.3. The number of benzene rings is 1. The van der Waals surface area contributed by atoms with Crippen LogP contribution in [0.15, 0.2) is 12.1 Å². The molecule has 122 valence electrons. The summed E-state index contributed by atoms with van der Waals surface area (Å²) in [7, 11) is 0. The molecule has 0 radical (unpaired) electrons. The molecule has 1 aliphatic heterocycles. The topological polar surface area (TPSA) is 33.5 Å². The second kappa shape index (κ2) is 7.28. The van der Waals surface area contributed by atoms with E-state index in [2.05, 4.69) is 52.1 Å². The summed E-state index contributed by atoms with van der Waals surface area (Å²) in [6.07, 6.45) is 4.55. The van der Waals surface area contributed by atoms with Crippen LogP contribution >= 0.6 is 0 Å². The third-order valence-corrected chi connectivity index (χ3v) is 5.14. The molecule has 1 amide bonds. The predicted octanol–water partition coefficient (Wildman–Crippen LogP) is 2.79. The van der Waals surface area contributed by atoms with Crippen LogP contribution in [0.5, 0.6) is 0 Å². The lowest BCUT2D eigenvalue weighted by Crippen LogP contribution is -3.20. The molecule has 0 spiro atoms. The van der Waals surface area contributed by atoms with Crippen molar-refractivity contribution in [3.05, 3.63) is 28.8 Å². The minimum absolute atomic E-state index is 0.101. The first kappa shape index (κ1) is 17.0. The van der Waals surface area contributed by atoms with Crippen molar-refractivity contribution in [3.63, 3.8) is 0 Å². The number of anilines is 1. The van der Waals surface area contributed by atoms with Gasteiger partial charge in [0.25, 0.3) is 5.91 Å². The minimum atomic E-state index is 0.101. The molecule has 1 heterocycles. The molecule has 3 atom stereocenters. The molecule has 0 saturated carbocycles. The highest BCUT2D eigenvalue weighted by Crippen LogP contribution is 2.22. The van der Waals surface area contributed by atoms with Crippen molar-refractivity contribution >= 4 is 11.6 Å². The maximum atomic E-state index is 12.9. The second-order valence-electron chi connectivity index (χ2n) is 6.95. The fraction of sp³-hybridized carbons (Fsp3) is 0.632. The van der Waals surface area contributed by atoms with Crippen LogP contribution in [0.25, 0.3) is 0 Å². The van der Waals surface area contributed by atoms with E-state index in [1.165, 1.54) is 23.3 Å². The zero-order valence-corrected chi connectivity index (χ0v) is 14.8. The van der Waals surface area contributed by atoms with Gasteiger partial charge in [0.2, 0.25) is 0 Å². The average molecular weight is 303 g/mol. The van der Waals surface area contributed by atoms with E-state index in [0.29, 0.717) is 6.04 Å². The number of likely N-dealkylation sites (tertiary alicyclic amines) is 1. The molecule has 1 aromatic rings. The number of aryl methyl sites for hydroxylation is 3. The minimum Gasteiger partial charge on any atom is -0.323 e. The highest BCUT2D eigenvalue weighted by atomic mass is 16.2. The maximum absolute atomic E-state index is 12.9. The van der Waals surface area contributed by atoms with Gasteiger partial charge in [-0.25, -0.2) is 0 Å². The van der Waals surface area contributed by atoms with Crippen molar-refractivity contribution in [2.75, 3.05) is 11.9 Å². The summed E-state index contributed by atoms with van der Waals surface area (Å²) < 4.78 is 0. The summed E-state index contributed by atoms with van der Waals surface area (Å²) >= 11 is 0. The van der Waals surface area contributed by atoms with E-state index < -0.39 is 0 Å². The summed E-state index contributed by atoms with van der Waals surface area (Å²) in [5, 5.41) is 3.22. The lowest BCUT2D eigenvalue weighted by Gasteiger charge is -2.35. The smallest absolute Gasteiger partial charge is 0.282 e. The van der Waals surface area contributed by atoms with Gasteiger partial charge >= 0.3 is 0 Å². The average Bonchev–Trinajstić information content (AvgIpc) is 2.49. The quantitative estimate of drug-likeness (QED) is 0.881. The molecule has 2 N–H and O–H groups in total. The number of hydrogen-bond donors (Lipinski definition) is 2. The van der Waals surface area contributed by atoms with E-state index in [4.69, 9.17) is 0 Å². The molecule has 1 aliphatic rings. The first-order valence-electron chi connectivity index (χ1n) is 8.68. The SMILES string of the molecule is CC[C@H](C)[NH+]1CCCC[C@@H]1C(=O)Nc1c(C)cc(C)cc1C. The van der Waals surface area contributed by atoms with E-state index in [1.54, 1.807) is 0 Å². The molecule has 1 fully saturated rings. The van der Waals surface area contributed by atoms with E-state index >= 15 is 0 Å². The Labute approximate surface area is 135 Å². The fourth-order valence-electron chi connectivity index (χ4n) is 3.78. The zero-order valence-electron chi connectivity index (χ0n) is 14.8. The second-order valence-corrected chi connectivity index (χ2v) is 6.95. The van der Waals surface area contributed by atoms with Crippen molar-refractivity contribution in [3.8, 4) is 0 Å². The van der Waals surface area contributed by atoms with E-state index in [1.807, 2.05) is 0 Å². The zero-order chi connectivity index (χ0) is 16.3. The van der Waals surface area contributed by atoms with Crippen LogP contribution in [0.3, 0.4) is 0 Å². The van der Waals surface area contributed by atoms with Gasteiger partial charge in [-0.2, -0.15) is 0 Å². The number of amides is 1. The van der Waals surface area contributed by atoms with Crippen LogP contribution in [0, 0.1) is 20.8 Å². The number of carbonyl (C=O) groups excluding carboxylic acids is 1. The summed E-state index contributed by atoms with van der Waals surface area (Å²) in [5.41, 5.74) is 4.57. The van der Waals surface area contributed by atoms with Crippen LogP contribution in [0.2, 0.25) is 0 Å². The van der Waals surface area contributed by atoms with Gasteiger partial charge in [-0.05, 0) is 58.1 Å². The summed E-state index contributed by atoms with van der Waals surface area (Å²) in [6, 6.07) is 4.94. The van der Waals surface area contributed by atoms with Crippen LogP contribution in [0.4, 0.5) is 5.69 Å². The molecule has 1 aromatic carbocycles. The van der Waals surface area contributed by atoms with Crippen LogP contribution in [-0.2, 0) is 4.79 Å². The summed E-state index contributed by atoms with van der Waals surface area (Å²) in [5.74, 6) is 0.199. The molecular weight excluding hydrogens is 272 g/mol. The molecule has 0 aromatic heterocycles. The van der Waals surface area contributed by atoms with E-state index in [9.17, 15) is 4.79 Å². The highest BCUT2D eigenvalue weighted by molar-refractivity contribution is 5.95. The lowest BCUT2D eigenvalue weighted by atomic mass is 9.98. The van der Waals surface area contributed by atoms with Crippen molar-refractivity contribution in [2.45, 2.75) is 72.4 Å². The number of carbonyl (C=O) groups is 1. The largest absolute Gasteiger partial charge is 0.323 e. The molecule has 22 heavy (non-hydrogen) atoms. The normalized spacial score (nSPS) is 23.1. The van der Waals surface area contributed by atoms with Crippen molar-refractivity contribution in [2.24, 2.45) is 0 Å². The number of hydrogen-bond acceptors (Lipinski definition) is 1. The van der Waals surface area contributed by atoms with Gasteiger partial charge in [-0.1, -0.05) is 24.6 Å². The van der Waals surface area contributed by atoms with Crippen molar-refractivity contribution in [1.82, 2.24) is 0 Å². The van der Waals surface area contributed by atoms with Gasteiger partial charge < -0.3 is 10.2 Å². The Hall–Kier alpha value is -1.35. The Bertz CT molecular complexity index is 515. The first-order chi connectivity index (χ1) is 10.4. The van der Waals surface area contributed by atoms with Gasteiger partial charge in [-0.3, -0.25) is 4.79 Å². The monoisotopic (exact) mass is 303 g/mol. The van der Waals surface area contributed by atoms with Gasteiger partial charge in [0.15, 0.2) is 6.04 Å². The van der Waals surface area contributed by atoms with Gasteiger partial charge in [0.05, 0.1) is 12.6 Å². The number of piperidine rings is 1. The Morgan fingerprint density at radius 1 is 1.27 bits per heavy atom. The Morgan fingerprint density at radius 3 is 2.50 bits per heavy atom. The standard InChI is InChI=1S/C19H30N2O/c1-6-16(5)21-10-8-7-9-17(21)19(22)20-18-14(3)11-13(2)12-15(18)4/h11-12,16-17H,6-10H2,1-5H3,(H,20,22)/p+1/t16-,17+/m0/s1. The molecule has 0 bridgehead atoms. The molecule has 2 rings (SSSR count). The van der Waals surface area contributed by atoms with Gasteiger partial charge in [-0.15, -0.1) is 0 Å². The predicted molar refractivity (Wildman–Crippen MR) is 92.5 cm³/mol. The molecule has 1 saturated heterocycles. The number of nitrogens with one attached hydrogen (secondary N) is 2. The van der Waals surface area contributed by atoms with Crippen LogP contribution < -0.4 is 10.2 Å². The molecule has 0 aliphatic carbocycles. The third kappa shape index (κ3) is 3.70. The molecule has 3 nitrogen and oxygen atoms in total. The fourth-order valence-corrected chi connectivity index (χ4v) is 3.78. The Morgan fingerprint density at radius 2 is 1.91 bits per heavy atom. The van der Waals surface area contributed by atoms with Gasteiger partial charge in [0.1, 0.15) is 0 Å². The van der Waals surface area contributed by atoms with Crippen LogP contribution in [-0.4, -0.2) is 24.5 Å². The summed E-state index contributed by atoms with van der Waals surface area (Å²) in [6.45, 7) is 11.9. The van der Waals surface area contributed by atoms with Crippen LogP contribution in [0.1, 0.15) is 56.2 Å². The number of quaternary nitrogens is 1. The Balaban J connectivity index is 2.17. The first-order valence-corrected chi connectivity index (χ1v) is 8.68. The molecule has 1 unspecified atom stereocenters. The molecular formula is C19H31N2O+. The lowest BCUT2D eigenvalue weighted by molar-refractivity contribution is -0.943. The number of rotatable bonds is 4. The van der Waals surface area contributed by atoms with Crippen molar-refractivity contribution in [1.29, 1.82) is 0 Å². The maximum Gasteiger partial charge on any atom is 0.282 e. The Kier molecular flexibility index (Phi) is 5.63.